The minimum Gasteiger partial charge on any atom is -0.397 e. The third-order valence-electron chi connectivity index (χ3n) is 4.61. The van der Waals surface area contributed by atoms with Gasteiger partial charge in [-0.2, -0.15) is 0 Å². The standard InChI is InChI=1S/C14H34N2O2Si2/c1-14(2,3)16-10-9-15(13(11-16)19(6)7)12-20(8,17-4)18-5/h13,19H,9-12H2,1-8H3. The maximum Gasteiger partial charge on any atom is 0.348 e. The summed E-state index contributed by atoms with van der Waals surface area (Å²) in [6.07, 6.45) is 0.994. The van der Waals surface area contributed by atoms with Gasteiger partial charge < -0.3 is 8.85 Å². The lowest BCUT2D eigenvalue weighted by molar-refractivity contribution is 0.0486. The van der Waals surface area contributed by atoms with Crippen LogP contribution >= 0.6 is 0 Å². The molecule has 20 heavy (non-hydrogen) atoms. The average Bonchev–Trinajstić information content (AvgIpc) is 2.37. The summed E-state index contributed by atoms with van der Waals surface area (Å²) < 4.78 is 11.4. The molecule has 0 N–H and O–H groups in total. The summed E-state index contributed by atoms with van der Waals surface area (Å²) in [4.78, 5) is 5.29. The quantitative estimate of drug-likeness (QED) is 0.721. The van der Waals surface area contributed by atoms with Crippen molar-refractivity contribution in [3.8, 4) is 0 Å². The summed E-state index contributed by atoms with van der Waals surface area (Å²) in [5.74, 6) is 0. The topological polar surface area (TPSA) is 24.9 Å². The van der Waals surface area contributed by atoms with Gasteiger partial charge in [0.15, 0.2) is 0 Å². The van der Waals surface area contributed by atoms with E-state index in [2.05, 4.69) is 50.2 Å². The Hall–Kier alpha value is 0.274. The molecule has 0 radical (unpaired) electrons. The Kier molecular flexibility index (Phi) is 6.43. The molecule has 6 heteroatoms. The van der Waals surface area contributed by atoms with Gasteiger partial charge in [0.25, 0.3) is 0 Å². The van der Waals surface area contributed by atoms with Gasteiger partial charge in [0, 0.05) is 51.2 Å². The first-order chi connectivity index (χ1) is 9.13. The van der Waals surface area contributed by atoms with Crippen molar-refractivity contribution < 1.29 is 8.85 Å². The summed E-state index contributed by atoms with van der Waals surface area (Å²) in [5.41, 5.74) is 0.997. The Balaban J connectivity index is 2.78. The summed E-state index contributed by atoms with van der Waals surface area (Å²) in [6.45, 7) is 17.6. The van der Waals surface area contributed by atoms with Gasteiger partial charge in [0.1, 0.15) is 0 Å². The van der Waals surface area contributed by atoms with Crippen molar-refractivity contribution >= 4 is 17.4 Å². The Morgan fingerprint density at radius 2 is 1.70 bits per heavy atom. The molecular formula is C14H34N2O2Si2. The highest BCUT2D eigenvalue weighted by atomic mass is 28.4. The Morgan fingerprint density at radius 1 is 1.15 bits per heavy atom. The first-order valence-electron chi connectivity index (χ1n) is 7.72. The molecule has 1 saturated heterocycles. The normalized spacial score (nSPS) is 23.6. The van der Waals surface area contributed by atoms with Crippen molar-refractivity contribution in [1.82, 2.24) is 9.80 Å². The van der Waals surface area contributed by atoms with E-state index in [1.54, 1.807) is 14.2 Å². The van der Waals surface area contributed by atoms with E-state index in [0.29, 0.717) is 0 Å². The minimum atomic E-state index is -2.01. The molecule has 0 aromatic heterocycles. The lowest BCUT2D eigenvalue weighted by Gasteiger charge is -2.49. The number of hydrogen-bond acceptors (Lipinski definition) is 4. The summed E-state index contributed by atoms with van der Waals surface area (Å²) >= 11 is 0. The second-order valence-electron chi connectivity index (χ2n) is 7.44. The van der Waals surface area contributed by atoms with Crippen molar-refractivity contribution in [3.63, 3.8) is 0 Å². The van der Waals surface area contributed by atoms with Crippen LogP contribution in [0.15, 0.2) is 0 Å². The van der Waals surface area contributed by atoms with Crippen LogP contribution < -0.4 is 0 Å². The first-order valence-corrected chi connectivity index (χ1v) is 13.2. The molecule has 1 rings (SSSR count). The number of nitrogens with zero attached hydrogens (tertiary/aromatic N) is 2. The number of rotatable bonds is 5. The molecule has 0 aromatic carbocycles. The highest BCUT2D eigenvalue weighted by Gasteiger charge is 2.39. The minimum absolute atomic E-state index is 0.275. The molecular weight excluding hydrogens is 284 g/mol. The SMILES string of the molecule is CO[Si](C)(CN1CCN(C(C)(C)C)CC1[SiH](C)C)OC. The summed E-state index contributed by atoms with van der Waals surface area (Å²) in [7, 11) is 0.842. The molecule has 1 aliphatic heterocycles. The zero-order chi connectivity index (χ0) is 15.6. The Bertz CT molecular complexity index is 304. The smallest absolute Gasteiger partial charge is 0.348 e. The summed E-state index contributed by atoms with van der Waals surface area (Å²) in [5, 5.41) is 0. The van der Waals surface area contributed by atoms with E-state index >= 15 is 0 Å². The van der Waals surface area contributed by atoms with E-state index in [0.717, 1.165) is 24.9 Å². The lowest BCUT2D eigenvalue weighted by Crippen LogP contribution is -2.65. The second kappa shape index (κ2) is 7.02. The average molecular weight is 319 g/mol. The van der Waals surface area contributed by atoms with Crippen molar-refractivity contribution in [3.05, 3.63) is 0 Å². The molecule has 120 valence electrons. The van der Waals surface area contributed by atoms with Gasteiger partial charge in [-0.25, -0.2) is 0 Å². The Labute approximate surface area is 128 Å². The van der Waals surface area contributed by atoms with Crippen LogP contribution in [0.2, 0.25) is 19.6 Å². The number of hydrogen-bond donors (Lipinski definition) is 0. The molecule has 1 fully saturated rings. The highest BCUT2D eigenvalue weighted by molar-refractivity contribution is 6.66. The second-order valence-corrected chi connectivity index (χ2v) is 14.1. The fourth-order valence-corrected chi connectivity index (χ4v) is 6.41. The van der Waals surface area contributed by atoms with E-state index in [4.69, 9.17) is 8.85 Å². The monoisotopic (exact) mass is 318 g/mol. The zero-order valence-electron chi connectivity index (χ0n) is 14.7. The lowest BCUT2D eigenvalue weighted by atomic mass is 10.1. The van der Waals surface area contributed by atoms with Gasteiger partial charge in [0.2, 0.25) is 0 Å². The number of piperazine rings is 1. The van der Waals surface area contributed by atoms with Crippen LogP contribution in [-0.4, -0.2) is 78.4 Å². The highest BCUT2D eigenvalue weighted by Crippen LogP contribution is 2.22. The van der Waals surface area contributed by atoms with Gasteiger partial charge >= 0.3 is 8.56 Å². The fraction of sp³-hybridized carbons (Fsp3) is 1.00. The molecule has 1 heterocycles. The molecule has 0 aromatic rings. The van der Waals surface area contributed by atoms with E-state index in [9.17, 15) is 0 Å². The predicted molar refractivity (Wildman–Crippen MR) is 91.2 cm³/mol. The zero-order valence-corrected chi connectivity index (χ0v) is 16.8. The van der Waals surface area contributed by atoms with Crippen LogP contribution in [0.25, 0.3) is 0 Å². The molecule has 1 aliphatic rings. The van der Waals surface area contributed by atoms with Gasteiger partial charge in [0.05, 0.1) is 8.80 Å². The van der Waals surface area contributed by atoms with Gasteiger partial charge in [-0.15, -0.1) is 0 Å². The molecule has 0 spiro atoms. The van der Waals surface area contributed by atoms with Crippen molar-refractivity contribution in [1.29, 1.82) is 0 Å². The predicted octanol–water partition coefficient (Wildman–Crippen LogP) is 1.70. The van der Waals surface area contributed by atoms with E-state index in [1.807, 2.05) is 0 Å². The molecule has 0 amide bonds. The molecule has 0 aliphatic carbocycles. The first kappa shape index (κ1) is 18.3. The Morgan fingerprint density at radius 3 is 2.10 bits per heavy atom. The van der Waals surface area contributed by atoms with Crippen molar-refractivity contribution in [2.24, 2.45) is 0 Å². The maximum atomic E-state index is 5.69. The molecule has 1 atom stereocenters. The van der Waals surface area contributed by atoms with Gasteiger partial charge in [-0.3, -0.25) is 9.80 Å². The van der Waals surface area contributed by atoms with Gasteiger partial charge in [-0.05, 0) is 27.3 Å². The van der Waals surface area contributed by atoms with Crippen LogP contribution in [0.4, 0.5) is 0 Å². The van der Waals surface area contributed by atoms with Crippen LogP contribution in [0.5, 0.6) is 0 Å². The fourth-order valence-electron chi connectivity index (χ4n) is 2.87. The molecule has 0 bridgehead atoms. The van der Waals surface area contributed by atoms with Crippen molar-refractivity contribution in [2.45, 2.75) is 51.6 Å². The third kappa shape index (κ3) is 4.64. The van der Waals surface area contributed by atoms with E-state index in [1.165, 1.54) is 6.54 Å². The van der Waals surface area contributed by atoms with Gasteiger partial charge in [-0.1, -0.05) is 13.1 Å². The molecule has 0 saturated carbocycles. The van der Waals surface area contributed by atoms with Crippen molar-refractivity contribution in [2.75, 3.05) is 40.0 Å². The van der Waals surface area contributed by atoms with E-state index < -0.39 is 17.4 Å². The summed E-state index contributed by atoms with van der Waals surface area (Å²) in [6, 6.07) is 0. The van der Waals surface area contributed by atoms with E-state index in [-0.39, 0.29) is 5.54 Å². The molecule has 4 nitrogen and oxygen atoms in total. The van der Waals surface area contributed by atoms with Crippen LogP contribution in [0.1, 0.15) is 20.8 Å². The van der Waals surface area contributed by atoms with Crippen LogP contribution in [-0.2, 0) is 8.85 Å². The van der Waals surface area contributed by atoms with Crippen LogP contribution in [0, 0.1) is 0 Å². The largest absolute Gasteiger partial charge is 0.397 e. The third-order valence-corrected chi connectivity index (χ3v) is 9.49. The van der Waals surface area contributed by atoms with Crippen LogP contribution in [0.3, 0.4) is 0 Å². The maximum absolute atomic E-state index is 5.69. The molecule has 1 unspecified atom stereocenters.